The molecule has 0 aliphatic carbocycles. The molecule has 0 saturated carbocycles. The summed E-state index contributed by atoms with van der Waals surface area (Å²) in [6.45, 7) is 9.16. The number of nitrogen functional groups attached to an aromatic ring is 1. The Bertz CT molecular complexity index is 1430. The van der Waals surface area contributed by atoms with Gasteiger partial charge < -0.3 is 34.7 Å². The number of carbonyl (C=O) groups is 3. The highest BCUT2D eigenvalue weighted by Crippen LogP contribution is 2.48. The third-order valence-electron chi connectivity index (χ3n) is 5.61. The average molecular weight is 654 g/mol. The summed E-state index contributed by atoms with van der Waals surface area (Å²) in [5.74, 6) is -2.07. The minimum absolute atomic E-state index is 0.0929. The third-order valence-corrected chi connectivity index (χ3v) is 7.10. The van der Waals surface area contributed by atoms with Crippen LogP contribution in [-0.2, 0) is 48.8 Å². The van der Waals surface area contributed by atoms with Crippen LogP contribution in [0.25, 0.3) is 11.2 Å². The first-order valence-corrected chi connectivity index (χ1v) is 15.3. The van der Waals surface area contributed by atoms with Crippen molar-refractivity contribution in [2.45, 2.75) is 54.2 Å². The lowest BCUT2D eigenvalue weighted by Crippen LogP contribution is -2.25. The van der Waals surface area contributed by atoms with Gasteiger partial charge in [0.05, 0.1) is 23.8 Å². The summed E-state index contributed by atoms with van der Waals surface area (Å²) >= 11 is 0. The Balaban J connectivity index is 0.000000537. The normalized spacial score (nSPS) is 12.6. The van der Waals surface area contributed by atoms with E-state index >= 15 is 0 Å². The molecule has 17 heteroatoms. The van der Waals surface area contributed by atoms with E-state index < -0.39 is 62.4 Å². The standard InChI is InChI=1S/C20H32N5O8P.C8H8O3/c1-19(2,3)17(26)30-11-32-34(28,33-12-31-18(27)20(4,5)6)13-29-8-7-25-10-24-14-15(21)22-9-23-16(14)25;9-7(8(10)11)6-4-2-1-3-5-6/h9-10H,7-8,11-13H2,1-6H3,(H2,21,22,23);1-5,7,9H,(H,10,11). The quantitative estimate of drug-likeness (QED) is 0.104. The topological polar surface area (TPSA) is 225 Å². The number of aromatic nitrogens is 4. The van der Waals surface area contributed by atoms with Crippen molar-refractivity contribution in [1.29, 1.82) is 0 Å². The number of hydrogen-bond acceptors (Lipinski definition) is 14. The van der Waals surface area contributed by atoms with Gasteiger partial charge in [-0.15, -0.1) is 0 Å². The van der Waals surface area contributed by atoms with Gasteiger partial charge in [-0.3, -0.25) is 23.2 Å². The summed E-state index contributed by atoms with van der Waals surface area (Å²) in [5.41, 5.74) is 5.62. The molecular formula is C28H40N5O11P. The number of esters is 2. The van der Waals surface area contributed by atoms with Crippen molar-refractivity contribution in [3.05, 3.63) is 48.5 Å². The number of ether oxygens (including phenoxy) is 3. The van der Waals surface area contributed by atoms with Crippen LogP contribution in [0.3, 0.4) is 0 Å². The molecule has 0 aliphatic heterocycles. The van der Waals surface area contributed by atoms with Crippen LogP contribution in [0.2, 0.25) is 0 Å². The number of carbonyl (C=O) groups excluding carboxylic acids is 2. The second-order valence-electron chi connectivity index (χ2n) is 11.5. The number of imidazole rings is 1. The molecular weight excluding hydrogens is 613 g/mol. The number of rotatable bonds is 13. The maximum atomic E-state index is 13.1. The fraction of sp³-hybridized carbons (Fsp3) is 0.500. The highest BCUT2D eigenvalue weighted by molar-refractivity contribution is 7.53. The van der Waals surface area contributed by atoms with Gasteiger partial charge in [-0.05, 0) is 47.1 Å². The van der Waals surface area contributed by atoms with E-state index in [9.17, 15) is 18.9 Å². The van der Waals surface area contributed by atoms with Crippen molar-refractivity contribution in [1.82, 2.24) is 19.5 Å². The Labute approximate surface area is 260 Å². The Hall–Kier alpha value is -3.95. The predicted octanol–water partition coefficient (Wildman–Crippen LogP) is 3.51. The number of carboxylic acids is 1. The monoisotopic (exact) mass is 653 g/mol. The van der Waals surface area contributed by atoms with Crippen LogP contribution in [0, 0.1) is 10.8 Å². The van der Waals surface area contributed by atoms with Gasteiger partial charge in [0.25, 0.3) is 0 Å². The van der Waals surface area contributed by atoms with Crippen LogP contribution in [0.1, 0.15) is 53.2 Å². The number of benzene rings is 1. The van der Waals surface area contributed by atoms with Gasteiger partial charge >= 0.3 is 25.5 Å². The van der Waals surface area contributed by atoms with Gasteiger partial charge in [-0.25, -0.2) is 19.7 Å². The molecule has 2 aromatic heterocycles. The molecule has 248 valence electrons. The molecule has 45 heavy (non-hydrogen) atoms. The smallest absolute Gasteiger partial charge is 0.361 e. The van der Waals surface area contributed by atoms with Crippen molar-refractivity contribution in [2.75, 3.05) is 32.3 Å². The van der Waals surface area contributed by atoms with E-state index in [0.29, 0.717) is 23.3 Å². The Morgan fingerprint density at radius 1 is 0.933 bits per heavy atom. The Kier molecular flexibility index (Phi) is 13.6. The molecule has 16 nitrogen and oxygen atoms in total. The van der Waals surface area contributed by atoms with Crippen LogP contribution < -0.4 is 5.73 Å². The Morgan fingerprint density at radius 2 is 1.49 bits per heavy atom. The molecule has 3 aromatic rings. The van der Waals surface area contributed by atoms with Crippen molar-refractivity contribution in [3.63, 3.8) is 0 Å². The van der Waals surface area contributed by atoms with Crippen molar-refractivity contribution < 1.29 is 52.4 Å². The fourth-order valence-electron chi connectivity index (χ4n) is 3.04. The number of hydrogen-bond donors (Lipinski definition) is 3. The minimum atomic E-state index is -3.95. The van der Waals surface area contributed by atoms with E-state index in [2.05, 4.69) is 15.0 Å². The Morgan fingerprint density at radius 3 is 2.00 bits per heavy atom. The van der Waals surface area contributed by atoms with E-state index in [1.807, 2.05) is 0 Å². The van der Waals surface area contributed by atoms with Crippen LogP contribution in [0.15, 0.2) is 43.0 Å². The number of nitrogens with zero attached hydrogens (tertiary/aromatic N) is 4. The average Bonchev–Trinajstić information content (AvgIpc) is 3.39. The molecule has 2 heterocycles. The van der Waals surface area contributed by atoms with Gasteiger partial charge in [-0.1, -0.05) is 30.3 Å². The number of anilines is 1. The molecule has 1 aromatic carbocycles. The summed E-state index contributed by atoms with van der Waals surface area (Å²) < 4.78 is 40.7. The number of aliphatic hydroxyl groups excluding tert-OH is 1. The minimum Gasteiger partial charge on any atom is -0.479 e. The van der Waals surface area contributed by atoms with E-state index in [0.717, 1.165) is 0 Å². The SMILES string of the molecule is CC(C)(C)C(=O)OCOP(=O)(COCCn1cnc2c(N)ncnc21)OCOC(=O)C(C)(C)C.O=C(O)C(O)c1ccccc1. The van der Waals surface area contributed by atoms with Crippen LogP contribution in [0.5, 0.6) is 0 Å². The summed E-state index contributed by atoms with van der Waals surface area (Å²) in [6.07, 6.45) is 0.973. The number of nitrogens with two attached hydrogens (primary N) is 1. The second-order valence-corrected chi connectivity index (χ2v) is 13.5. The molecule has 0 bridgehead atoms. The molecule has 0 amide bonds. The largest absolute Gasteiger partial charge is 0.479 e. The molecule has 0 spiro atoms. The molecule has 0 fully saturated rings. The maximum Gasteiger partial charge on any atom is 0.361 e. The van der Waals surface area contributed by atoms with E-state index in [4.69, 9.17) is 39.2 Å². The van der Waals surface area contributed by atoms with Crippen molar-refractivity contribution >= 4 is 42.5 Å². The second kappa shape index (κ2) is 16.4. The lowest BCUT2D eigenvalue weighted by Gasteiger charge is -2.22. The van der Waals surface area contributed by atoms with Crippen LogP contribution in [0.4, 0.5) is 5.82 Å². The molecule has 1 unspecified atom stereocenters. The van der Waals surface area contributed by atoms with Gasteiger partial charge in [0.2, 0.25) is 13.6 Å². The molecule has 4 N–H and O–H groups in total. The van der Waals surface area contributed by atoms with Gasteiger partial charge in [0.1, 0.15) is 18.2 Å². The van der Waals surface area contributed by atoms with Gasteiger partial charge in [0.15, 0.2) is 17.6 Å². The number of aliphatic hydroxyl groups is 1. The van der Waals surface area contributed by atoms with Gasteiger partial charge in [-0.2, -0.15) is 0 Å². The highest BCUT2D eigenvalue weighted by Gasteiger charge is 2.30. The van der Waals surface area contributed by atoms with Crippen LogP contribution >= 0.6 is 7.60 Å². The third kappa shape index (κ3) is 12.2. The predicted molar refractivity (Wildman–Crippen MR) is 160 cm³/mol. The van der Waals surface area contributed by atoms with E-state index in [1.54, 1.807) is 76.4 Å². The molecule has 3 rings (SSSR count). The first-order valence-electron chi connectivity index (χ1n) is 13.6. The van der Waals surface area contributed by atoms with E-state index in [1.165, 1.54) is 12.7 Å². The maximum absolute atomic E-state index is 13.1. The number of carboxylic acid groups (broad SMARTS) is 1. The van der Waals surface area contributed by atoms with Crippen molar-refractivity contribution in [2.24, 2.45) is 10.8 Å². The molecule has 1 atom stereocenters. The zero-order valence-electron chi connectivity index (χ0n) is 26.0. The number of aliphatic carboxylic acids is 1. The first-order chi connectivity index (χ1) is 20.9. The van der Waals surface area contributed by atoms with E-state index in [-0.39, 0.29) is 12.4 Å². The summed E-state index contributed by atoms with van der Waals surface area (Å²) in [6, 6.07) is 8.26. The lowest BCUT2D eigenvalue weighted by atomic mass is 9.98. The lowest BCUT2D eigenvalue weighted by molar-refractivity contribution is -0.162. The summed E-state index contributed by atoms with van der Waals surface area (Å²) in [5, 5.41) is 17.4. The summed E-state index contributed by atoms with van der Waals surface area (Å²) in [7, 11) is -3.95. The van der Waals surface area contributed by atoms with Crippen LogP contribution in [-0.4, -0.2) is 74.2 Å². The molecule has 0 aliphatic rings. The zero-order chi connectivity index (χ0) is 33.8. The zero-order valence-corrected chi connectivity index (χ0v) is 26.9. The van der Waals surface area contributed by atoms with Gasteiger partial charge in [0, 0.05) is 6.54 Å². The fourth-order valence-corrected chi connectivity index (χ4v) is 4.05. The summed E-state index contributed by atoms with van der Waals surface area (Å²) in [4.78, 5) is 46.3. The number of fused-ring (bicyclic) bond motifs is 1. The first kappa shape index (κ1) is 37.2. The highest BCUT2D eigenvalue weighted by atomic mass is 31.2. The molecule has 0 saturated heterocycles. The molecule has 0 radical (unpaired) electrons. The van der Waals surface area contributed by atoms with Crippen molar-refractivity contribution in [3.8, 4) is 0 Å².